The zero-order chi connectivity index (χ0) is 10.6. The molecule has 0 aliphatic carbocycles. The Morgan fingerprint density at radius 2 is 2.36 bits per heavy atom. The Balaban J connectivity index is 2.31. The Morgan fingerprint density at radius 1 is 1.64 bits per heavy atom. The monoisotopic (exact) mass is 199 g/mol. The summed E-state index contributed by atoms with van der Waals surface area (Å²) < 4.78 is 5.41. The second-order valence-electron chi connectivity index (χ2n) is 4.12. The molecule has 1 saturated heterocycles. The van der Waals surface area contributed by atoms with Gasteiger partial charge < -0.3 is 15.4 Å². The SMILES string of the molecule is COC1CN(CCC(=N)N)CCC1C. The highest BCUT2D eigenvalue weighted by molar-refractivity contribution is 5.76. The maximum atomic E-state index is 7.17. The van der Waals surface area contributed by atoms with Crippen LogP contribution in [-0.4, -0.2) is 43.6 Å². The number of ether oxygens (including phenoxy) is 1. The molecule has 0 bridgehead atoms. The molecule has 1 aliphatic rings. The average molecular weight is 199 g/mol. The van der Waals surface area contributed by atoms with Gasteiger partial charge >= 0.3 is 0 Å². The van der Waals surface area contributed by atoms with Gasteiger partial charge in [0.25, 0.3) is 0 Å². The van der Waals surface area contributed by atoms with Crippen LogP contribution in [0.15, 0.2) is 0 Å². The number of nitrogens with two attached hydrogens (primary N) is 1. The van der Waals surface area contributed by atoms with Gasteiger partial charge in [-0.1, -0.05) is 6.92 Å². The minimum Gasteiger partial charge on any atom is -0.388 e. The molecule has 4 nitrogen and oxygen atoms in total. The predicted molar refractivity (Wildman–Crippen MR) is 57.5 cm³/mol. The minimum absolute atomic E-state index is 0.276. The van der Waals surface area contributed by atoms with Crippen LogP contribution in [0.4, 0.5) is 0 Å². The largest absolute Gasteiger partial charge is 0.388 e. The summed E-state index contributed by atoms with van der Waals surface area (Å²) in [7, 11) is 1.77. The number of nitrogens with one attached hydrogen (secondary N) is 1. The van der Waals surface area contributed by atoms with Crippen LogP contribution in [0.25, 0.3) is 0 Å². The van der Waals surface area contributed by atoms with E-state index in [4.69, 9.17) is 15.9 Å². The summed E-state index contributed by atoms with van der Waals surface area (Å²) in [6, 6.07) is 0. The summed E-state index contributed by atoms with van der Waals surface area (Å²) in [6.07, 6.45) is 2.19. The van der Waals surface area contributed by atoms with E-state index in [1.807, 2.05) is 0 Å². The lowest BCUT2D eigenvalue weighted by Crippen LogP contribution is -2.44. The standard InChI is InChI=1S/C10H21N3O/c1-8-3-5-13(6-4-10(11)12)7-9(8)14-2/h8-9H,3-7H2,1-2H3,(H3,11,12). The number of methoxy groups -OCH3 is 1. The van der Waals surface area contributed by atoms with E-state index in [0.717, 1.165) is 19.6 Å². The maximum Gasteiger partial charge on any atom is 0.0918 e. The zero-order valence-electron chi connectivity index (χ0n) is 9.12. The molecule has 0 radical (unpaired) electrons. The van der Waals surface area contributed by atoms with Gasteiger partial charge in [0.15, 0.2) is 0 Å². The lowest BCUT2D eigenvalue weighted by Gasteiger charge is -2.36. The van der Waals surface area contributed by atoms with E-state index >= 15 is 0 Å². The third kappa shape index (κ3) is 3.27. The first-order valence-electron chi connectivity index (χ1n) is 5.21. The Hall–Kier alpha value is -0.610. The zero-order valence-corrected chi connectivity index (χ0v) is 9.12. The van der Waals surface area contributed by atoms with Crippen molar-refractivity contribution >= 4 is 5.84 Å². The Morgan fingerprint density at radius 3 is 2.93 bits per heavy atom. The fourth-order valence-electron chi connectivity index (χ4n) is 1.89. The lowest BCUT2D eigenvalue weighted by atomic mass is 9.96. The summed E-state index contributed by atoms with van der Waals surface area (Å²) in [5, 5.41) is 7.17. The quantitative estimate of drug-likeness (QED) is 0.516. The van der Waals surface area contributed by atoms with Crippen molar-refractivity contribution in [3.05, 3.63) is 0 Å². The molecule has 0 spiro atoms. The van der Waals surface area contributed by atoms with Crippen LogP contribution in [0.2, 0.25) is 0 Å². The first kappa shape index (κ1) is 11.5. The molecule has 0 aromatic rings. The molecule has 0 amide bonds. The molecule has 4 heteroatoms. The molecule has 14 heavy (non-hydrogen) atoms. The molecule has 3 N–H and O–H groups in total. The van der Waals surface area contributed by atoms with Crippen molar-refractivity contribution in [1.29, 1.82) is 5.41 Å². The van der Waals surface area contributed by atoms with E-state index in [0.29, 0.717) is 18.4 Å². The highest BCUT2D eigenvalue weighted by atomic mass is 16.5. The van der Waals surface area contributed by atoms with Crippen LogP contribution in [0.5, 0.6) is 0 Å². The first-order valence-corrected chi connectivity index (χ1v) is 5.21. The molecular formula is C10H21N3O. The molecule has 2 unspecified atom stereocenters. The number of hydrogen-bond donors (Lipinski definition) is 2. The number of hydrogen-bond acceptors (Lipinski definition) is 3. The van der Waals surface area contributed by atoms with Crippen molar-refractivity contribution in [2.24, 2.45) is 11.7 Å². The fourth-order valence-corrected chi connectivity index (χ4v) is 1.89. The molecule has 1 fully saturated rings. The second-order valence-corrected chi connectivity index (χ2v) is 4.12. The van der Waals surface area contributed by atoms with E-state index in [-0.39, 0.29) is 5.84 Å². The molecule has 1 aliphatic heterocycles. The molecule has 1 rings (SSSR count). The van der Waals surface area contributed by atoms with Gasteiger partial charge in [0.05, 0.1) is 11.9 Å². The van der Waals surface area contributed by atoms with Crippen LogP contribution in [0, 0.1) is 11.3 Å². The number of amidine groups is 1. The summed E-state index contributed by atoms with van der Waals surface area (Å²) in [6.45, 7) is 5.21. The Bertz CT molecular complexity index is 196. The summed E-state index contributed by atoms with van der Waals surface area (Å²) >= 11 is 0. The maximum absolute atomic E-state index is 7.17. The summed E-state index contributed by atoms with van der Waals surface area (Å²) in [5.41, 5.74) is 5.33. The summed E-state index contributed by atoms with van der Waals surface area (Å²) in [5.74, 6) is 0.922. The second kappa shape index (κ2) is 5.32. The molecule has 2 atom stereocenters. The van der Waals surface area contributed by atoms with Crippen LogP contribution in [0.1, 0.15) is 19.8 Å². The minimum atomic E-state index is 0.276. The number of piperidine rings is 1. The van der Waals surface area contributed by atoms with Gasteiger partial charge in [0.1, 0.15) is 0 Å². The molecular weight excluding hydrogens is 178 g/mol. The van der Waals surface area contributed by atoms with Crippen molar-refractivity contribution in [2.75, 3.05) is 26.7 Å². The lowest BCUT2D eigenvalue weighted by molar-refractivity contribution is -0.00402. The normalized spacial score (nSPS) is 29.0. The third-order valence-electron chi connectivity index (χ3n) is 2.97. The predicted octanol–water partition coefficient (Wildman–Crippen LogP) is 0.669. The van der Waals surface area contributed by atoms with Gasteiger partial charge in [0, 0.05) is 26.6 Å². The highest BCUT2D eigenvalue weighted by Crippen LogP contribution is 2.19. The van der Waals surface area contributed by atoms with Gasteiger partial charge in [0.2, 0.25) is 0 Å². The van der Waals surface area contributed by atoms with E-state index in [1.165, 1.54) is 6.42 Å². The molecule has 0 aromatic carbocycles. The molecule has 0 saturated carbocycles. The molecule has 82 valence electrons. The van der Waals surface area contributed by atoms with Gasteiger partial charge in [-0.15, -0.1) is 0 Å². The van der Waals surface area contributed by atoms with Crippen LogP contribution in [0.3, 0.4) is 0 Å². The van der Waals surface area contributed by atoms with Gasteiger partial charge in [-0.3, -0.25) is 5.41 Å². The van der Waals surface area contributed by atoms with Crippen LogP contribution in [-0.2, 0) is 4.74 Å². The average Bonchev–Trinajstić information content (AvgIpc) is 2.16. The van der Waals surface area contributed by atoms with Gasteiger partial charge in [-0.2, -0.15) is 0 Å². The van der Waals surface area contributed by atoms with Crippen molar-refractivity contribution in [3.63, 3.8) is 0 Å². The smallest absolute Gasteiger partial charge is 0.0918 e. The topological polar surface area (TPSA) is 62.3 Å². The van der Waals surface area contributed by atoms with Gasteiger partial charge in [-0.25, -0.2) is 0 Å². The van der Waals surface area contributed by atoms with E-state index < -0.39 is 0 Å². The first-order chi connectivity index (χ1) is 6.63. The number of likely N-dealkylation sites (tertiary alicyclic amines) is 1. The van der Waals surface area contributed by atoms with Gasteiger partial charge in [-0.05, 0) is 18.9 Å². The van der Waals surface area contributed by atoms with E-state index in [1.54, 1.807) is 7.11 Å². The summed E-state index contributed by atoms with van der Waals surface area (Å²) in [4.78, 5) is 2.33. The Kier molecular flexibility index (Phi) is 4.35. The number of rotatable bonds is 4. The molecule has 1 heterocycles. The number of nitrogens with zero attached hydrogens (tertiary/aromatic N) is 1. The van der Waals surface area contributed by atoms with Crippen molar-refractivity contribution in [3.8, 4) is 0 Å². The Labute approximate surface area is 85.9 Å². The molecule has 0 aromatic heterocycles. The van der Waals surface area contributed by atoms with Crippen molar-refractivity contribution in [2.45, 2.75) is 25.9 Å². The van der Waals surface area contributed by atoms with Crippen molar-refractivity contribution < 1.29 is 4.74 Å². The van der Waals surface area contributed by atoms with Crippen molar-refractivity contribution in [1.82, 2.24) is 4.90 Å². The van der Waals surface area contributed by atoms with E-state index in [2.05, 4.69) is 11.8 Å². The van der Waals surface area contributed by atoms with Crippen LogP contribution >= 0.6 is 0 Å². The highest BCUT2D eigenvalue weighted by Gasteiger charge is 2.25. The third-order valence-corrected chi connectivity index (χ3v) is 2.97. The van der Waals surface area contributed by atoms with E-state index in [9.17, 15) is 0 Å². The fraction of sp³-hybridized carbons (Fsp3) is 0.900. The van der Waals surface area contributed by atoms with Crippen LogP contribution < -0.4 is 5.73 Å².